The molecule has 0 saturated carbocycles. The smallest absolute Gasteiger partial charge is 0.139 e. The Labute approximate surface area is 356 Å². The Morgan fingerprint density at radius 2 is 0.629 bits per heavy atom. The average molecular weight is 799 g/mol. The number of fused-ring (bicyclic) bond motifs is 12. The van der Waals surface area contributed by atoms with E-state index < -0.39 is 0 Å². The van der Waals surface area contributed by atoms with Crippen LogP contribution in [-0.2, 0) is 0 Å². The maximum atomic E-state index is 6.83. The minimum absolute atomic E-state index is 0.874. The summed E-state index contributed by atoms with van der Waals surface area (Å²) < 4.78 is 26.3. The molecular weight excluding hydrogens is 761 g/mol. The first-order valence-corrected chi connectivity index (χ1v) is 21.2. The third kappa shape index (κ3) is 5.07. The van der Waals surface area contributed by atoms with Crippen LogP contribution < -0.4 is 0 Å². The van der Waals surface area contributed by atoms with Crippen LogP contribution in [0.15, 0.2) is 175 Å². The Morgan fingerprint density at radius 1 is 0.274 bits per heavy atom. The lowest BCUT2D eigenvalue weighted by Gasteiger charge is -2.08. The molecule has 0 spiro atoms. The van der Waals surface area contributed by atoms with E-state index in [1.165, 1.54) is 22.3 Å². The Kier molecular flexibility index (Phi) is 7.25. The second-order valence-electron chi connectivity index (χ2n) is 17.0. The molecule has 0 radical (unpaired) electrons. The monoisotopic (exact) mass is 798 g/mol. The Balaban J connectivity index is 0.946. The molecule has 0 saturated heterocycles. The molecule has 4 heteroatoms. The van der Waals surface area contributed by atoms with Crippen LogP contribution in [0, 0.1) is 27.7 Å². The van der Waals surface area contributed by atoms with Gasteiger partial charge < -0.3 is 17.7 Å². The van der Waals surface area contributed by atoms with Crippen molar-refractivity contribution in [3.8, 4) is 44.5 Å². The van der Waals surface area contributed by atoms with Crippen LogP contribution in [0.5, 0.6) is 0 Å². The van der Waals surface area contributed by atoms with Gasteiger partial charge in [0.05, 0.1) is 0 Å². The molecule has 0 aliphatic carbocycles. The maximum Gasteiger partial charge on any atom is 0.139 e. The standard InChI is InChI=1S/C58H38O4/c1-31-23-53-47(29-41(31)39-17-21-51-45(27-39)43-25-37(15-19-49(43)59-51)35-11-7-5-8-12-35)55-33(3)58-56(34(4)57(55)61-53)48-30-42(32(2)24-54(48)62-58)40-18-22-52-46(28-40)44-26-38(16-20-50(44)60-52)36-13-9-6-10-14-36/h5-30H,1-4H3. The Bertz CT molecular complexity index is 3740. The van der Waals surface area contributed by atoms with Gasteiger partial charge in [-0.25, -0.2) is 0 Å². The topological polar surface area (TPSA) is 52.6 Å². The van der Waals surface area contributed by atoms with E-state index in [2.05, 4.69) is 185 Å². The molecule has 0 aliphatic heterocycles. The van der Waals surface area contributed by atoms with Gasteiger partial charge in [0.15, 0.2) is 0 Å². The van der Waals surface area contributed by atoms with Gasteiger partial charge in [-0.3, -0.25) is 0 Å². The van der Waals surface area contributed by atoms with Gasteiger partial charge in [0.25, 0.3) is 0 Å². The van der Waals surface area contributed by atoms with Crippen molar-refractivity contribution in [3.05, 3.63) is 180 Å². The molecule has 0 N–H and O–H groups in total. The van der Waals surface area contributed by atoms with Gasteiger partial charge in [-0.15, -0.1) is 0 Å². The van der Waals surface area contributed by atoms with Crippen LogP contribution in [-0.4, -0.2) is 0 Å². The molecule has 4 heterocycles. The summed E-state index contributed by atoms with van der Waals surface area (Å²) in [6, 6.07) is 56.0. The van der Waals surface area contributed by atoms with E-state index in [-0.39, 0.29) is 0 Å². The quantitative estimate of drug-likeness (QED) is 0.178. The Morgan fingerprint density at radius 3 is 1.02 bits per heavy atom. The van der Waals surface area contributed by atoms with Gasteiger partial charge in [0, 0.05) is 54.2 Å². The van der Waals surface area contributed by atoms with E-state index in [9.17, 15) is 0 Å². The van der Waals surface area contributed by atoms with E-state index >= 15 is 0 Å². The molecule has 62 heavy (non-hydrogen) atoms. The summed E-state index contributed by atoms with van der Waals surface area (Å²) >= 11 is 0. The molecule has 4 aromatic heterocycles. The number of hydrogen-bond donors (Lipinski definition) is 0. The Hall–Kier alpha value is -7.82. The number of benzene rings is 9. The van der Waals surface area contributed by atoms with E-state index in [0.717, 1.165) is 132 Å². The predicted octanol–water partition coefficient (Wildman–Crippen LogP) is 17.2. The summed E-state index contributed by atoms with van der Waals surface area (Å²) in [5, 5.41) is 8.79. The van der Waals surface area contributed by atoms with E-state index in [4.69, 9.17) is 17.7 Å². The fourth-order valence-corrected chi connectivity index (χ4v) is 10.1. The summed E-state index contributed by atoms with van der Waals surface area (Å²) in [4.78, 5) is 0. The van der Waals surface area contributed by atoms with Gasteiger partial charge in [-0.2, -0.15) is 0 Å². The normalized spacial score (nSPS) is 12.2. The molecule has 13 aromatic rings. The SMILES string of the molecule is Cc1cc2oc3c(C)c4c(oc5cc(C)c(-c6ccc7oc8ccc(-c9ccccc9)cc8c7c6)cc54)c(C)c3c2cc1-c1ccc2oc3ccc(-c4ccccc4)cc3c2c1. The lowest BCUT2D eigenvalue weighted by atomic mass is 9.93. The number of furan rings is 4. The lowest BCUT2D eigenvalue weighted by Crippen LogP contribution is -1.86. The van der Waals surface area contributed by atoms with Crippen molar-refractivity contribution in [3.63, 3.8) is 0 Å². The average Bonchev–Trinajstić information content (AvgIpc) is 4.07. The molecule has 9 aromatic carbocycles. The van der Waals surface area contributed by atoms with Crippen molar-refractivity contribution in [1.82, 2.24) is 0 Å². The van der Waals surface area contributed by atoms with Crippen molar-refractivity contribution < 1.29 is 17.7 Å². The van der Waals surface area contributed by atoms with Crippen molar-refractivity contribution in [1.29, 1.82) is 0 Å². The zero-order valence-corrected chi connectivity index (χ0v) is 34.6. The first-order valence-electron chi connectivity index (χ1n) is 21.2. The van der Waals surface area contributed by atoms with Crippen molar-refractivity contribution >= 4 is 87.8 Å². The van der Waals surface area contributed by atoms with Gasteiger partial charge in [-0.1, -0.05) is 84.9 Å². The second kappa shape index (κ2) is 12.8. The molecule has 0 bridgehead atoms. The minimum atomic E-state index is 0.874. The number of hydrogen-bond acceptors (Lipinski definition) is 4. The summed E-state index contributed by atoms with van der Waals surface area (Å²) in [5.74, 6) is 0. The molecule has 294 valence electrons. The first-order chi connectivity index (χ1) is 30.3. The molecule has 0 atom stereocenters. The van der Waals surface area contributed by atoms with Crippen molar-refractivity contribution in [2.75, 3.05) is 0 Å². The number of aryl methyl sites for hydroxylation is 4. The fourth-order valence-electron chi connectivity index (χ4n) is 10.1. The third-order valence-corrected chi connectivity index (χ3v) is 13.3. The summed E-state index contributed by atoms with van der Waals surface area (Å²) in [7, 11) is 0. The summed E-state index contributed by atoms with van der Waals surface area (Å²) in [6.07, 6.45) is 0. The summed E-state index contributed by atoms with van der Waals surface area (Å²) in [6.45, 7) is 8.68. The molecule has 4 nitrogen and oxygen atoms in total. The van der Waals surface area contributed by atoms with Crippen LogP contribution in [0.1, 0.15) is 22.3 Å². The van der Waals surface area contributed by atoms with E-state index in [1.54, 1.807) is 0 Å². The highest BCUT2D eigenvalue weighted by Gasteiger charge is 2.23. The maximum absolute atomic E-state index is 6.83. The van der Waals surface area contributed by atoms with E-state index in [0.29, 0.717) is 0 Å². The third-order valence-electron chi connectivity index (χ3n) is 13.3. The summed E-state index contributed by atoms with van der Waals surface area (Å²) in [5.41, 5.74) is 20.9. The van der Waals surface area contributed by atoms with Crippen LogP contribution >= 0.6 is 0 Å². The zero-order valence-electron chi connectivity index (χ0n) is 34.6. The fraction of sp³-hybridized carbons (Fsp3) is 0.0690. The molecule has 13 rings (SSSR count). The van der Waals surface area contributed by atoms with Gasteiger partial charge >= 0.3 is 0 Å². The predicted molar refractivity (Wildman–Crippen MR) is 256 cm³/mol. The van der Waals surface area contributed by atoms with Gasteiger partial charge in [0.2, 0.25) is 0 Å². The zero-order chi connectivity index (χ0) is 41.4. The van der Waals surface area contributed by atoms with Crippen LogP contribution in [0.2, 0.25) is 0 Å². The molecule has 0 fully saturated rings. The van der Waals surface area contributed by atoms with Crippen molar-refractivity contribution in [2.24, 2.45) is 0 Å². The lowest BCUT2D eigenvalue weighted by molar-refractivity contribution is 0.659. The highest BCUT2D eigenvalue weighted by molar-refractivity contribution is 6.20. The van der Waals surface area contributed by atoms with Crippen LogP contribution in [0.4, 0.5) is 0 Å². The van der Waals surface area contributed by atoms with Gasteiger partial charge in [-0.05, 0) is 156 Å². The molecular formula is C58H38O4. The van der Waals surface area contributed by atoms with Crippen LogP contribution in [0.3, 0.4) is 0 Å². The molecule has 0 unspecified atom stereocenters. The largest absolute Gasteiger partial charge is 0.456 e. The van der Waals surface area contributed by atoms with Crippen molar-refractivity contribution in [2.45, 2.75) is 27.7 Å². The molecule has 0 aliphatic rings. The first kappa shape index (κ1) is 35.0. The van der Waals surface area contributed by atoms with Crippen LogP contribution in [0.25, 0.3) is 132 Å². The highest BCUT2D eigenvalue weighted by atomic mass is 16.3. The minimum Gasteiger partial charge on any atom is -0.456 e. The number of rotatable bonds is 4. The highest BCUT2D eigenvalue weighted by Crippen LogP contribution is 2.46. The van der Waals surface area contributed by atoms with E-state index in [1.807, 2.05) is 0 Å². The second-order valence-corrected chi connectivity index (χ2v) is 17.0. The molecule has 0 amide bonds. The van der Waals surface area contributed by atoms with Gasteiger partial charge in [0.1, 0.15) is 44.7 Å².